The third-order valence-electron chi connectivity index (χ3n) is 3.98. The van der Waals surface area contributed by atoms with Gasteiger partial charge in [0.15, 0.2) is 0 Å². The summed E-state index contributed by atoms with van der Waals surface area (Å²) in [7, 11) is 0. The van der Waals surface area contributed by atoms with E-state index in [-0.39, 0.29) is 5.91 Å². The molecule has 3 rings (SSSR count). The van der Waals surface area contributed by atoms with Crippen molar-refractivity contribution in [1.82, 2.24) is 5.32 Å². The van der Waals surface area contributed by atoms with Crippen LogP contribution in [0.2, 0.25) is 0 Å². The van der Waals surface area contributed by atoms with Gasteiger partial charge >= 0.3 is 0 Å². The van der Waals surface area contributed by atoms with Crippen molar-refractivity contribution in [2.45, 2.75) is 19.3 Å². The lowest BCUT2D eigenvalue weighted by Gasteiger charge is -2.30. The van der Waals surface area contributed by atoms with E-state index in [0.29, 0.717) is 12.5 Å². The predicted molar refractivity (Wildman–Crippen MR) is 84.1 cm³/mol. The fourth-order valence-electron chi connectivity index (χ4n) is 2.71. The number of nitrogens with one attached hydrogen (secondary N) is 1. The molecule has 1 aliphatic rings. The summed E-state index contributed by atoms with van der Waals surface area (Å²) >= 11 is 3.46. The van der Waals surface area contributed by atoms with Crippen molar-refractivity contribution >= 4 is 21.8 Å². The molecule has 2 aromatic carbocycles. The van der Waals surface area contributed by atoms with Crippen LogP contribution in [0, 0.1) is 6.92 Å². The standard InChI is InChI=1S/C17H16BrNO/c1-11-14(7-4-8-16(11)18)17(20)19-10-13-9-12-5-2-3-6-15(12)13/h2-8,13H,9-10H2,1H3,(H,19,20). The highest BCUT2D eigenvalue weighted by Gasteiger charge is 2.25. The van der Waals surface area contributed by atoms with Gasteiger partial charge in [0.05, 0.1) is 0 Å². The Morgan fingerprint density at radius 1 is 1.25 bits per heavy atom. The number of carbonyl (C=O) groups is 1. The Hall–Kier alpha value is -1.61. The van der Waals surface area contributed by atoms with E-state index in [9.17, 15) is 4.79 Å². The summed E-state index contributed by atoms with van der Waals surface area (Å²) in [6.07, 6.45) is 1.06. The number of rotatable bonds is 3. The van der Waals surface area contributed by atoms with Crippen molar-refractivity contribution in [3.05, 3.63) is 69.2 Å². The van der Waals surface area contributed by atoms with Crippen molar-refractivity contribution in [2.24, 2.45) is 0 Å². The number of benzene rings is 2. The zero-order chi connectivity index (χ0) is 14.1. The molecule has 1 aliphatic carbocycles. The van der Waals surface area contributed by atoms with Crippen LogP contribution in [-0.4, -0.2) is 12.5 Å². The molecule has 1 atom stereocenters. The SMILES string of the molecule is Cc1c(Br)cccc1C(=O)NCC1Cc2ccccc21. The van der Waals surface area contributed by atoms with Gasteiger partial charge in [0, 0.05) is 22.5 Å². The maximum absolute atomic E-state index is 12.2. The topological polar surface area (TPSA) is 29.1 Å². The van der Waals surface area contributed by atoms with Crippen LogP contribution in [-0.2, 0) is 6.42 Å². The van der Waals surface area contributed by atoms with E-state index in [1.54, 1.807) is 0 Å². The number of hydrogen-bond donors (Lipinski definition) is 1. The van der Waals surface area contributed by atoms with Gasteiger partial charge in [-0.25, -0.2) is 0 Å². The van der Waals surface area contributed by atoms with Crippen LogP contribution in [0.1, 0.15) is 33.0 Å². The molecule has 0 radical (unpaired) electrons. The summed E-state index contributed by atoms with van der Waals surface area (Å²) in [4.78, 5) is 12.2. The lowest BCUT2D eigenvalue weighted by molar-refractivity contribution is 0.0949. The molecule has 1 N–H and O–H groups in total. The maximum atomic E-state index is 12.2. The molecule has 0 spiro atoms. The van der Waals surface area contributed by atoms with Crippen molar-refractivity contribution in [3.63, 3.8) is 0 Å². The number of fused-ring (bicyclic) bond motifs is 1. The first-order valence-electron chi connectivity index (χ1n) is 6.78. The fraction of sp³-hybridized carbons (Fsp3) is 0.235. The van der Waals surface area contributed by atoms with Crippen molar-refractivity contribution in [2.75, 3.05) is 6.54 Å². The third-order valence-corrected chi connectivity index (χ3v) is 4.84. The average Bonchev–Trinajstić information content (AvgIpc) is 2.42. The van der Waals surface area contributed by atoms with Crippen LogP contribution in [0.25, 0.3) is 0 Å². The lowest BCUT2D eigenvalue weighted by Crippen LogP contribution is -2.33. The van der Waals surface area contributed by atoms with E-state index in [1.807, 2.05) is 25.1 Å². The Kier molecular flexibility index (Phi) is 3.62. The molecule has 2 nitrogen and oxygen atoms in total. The first-order chi connectivity index (χ1) is 9.66. The molecule has 0 fully saturated rings. The Balaban J connectivity index is 1.65. The molecule has 0 heterocycles. The van der Waals surface area contributed by atoms with Gasteiger partial charge in [-0.3, -0.25) is 4.79 Å². The molecule has 0 aliphatic heterocycles. The molecule has 3 heteroatoms. The van der Waals surface area contributed by atoms with Gasteiger partial charge in [0.1, 0.15) is 0 Å². The summed E-state index contributed by atoms with van der Waals surface area (Å²) in [5.74, 6) is 0.468. The van der Waals surface area contributed by atoms with Crippen LogP contribution in [0.15, 0.2) is 46.9 Å². The molecule has 1 unspecified atom stereocenters. The molecule has 2 aromatic rings. The normalized spacial score (nSPS) is 16.2. The second-order valence-electron chi connectivity index (χ2n) is 5.22. The Labute approximate surface area is 127 Å². The quantitative estimate of drug-likeness (QED) is 0.911. The van der Waals surface area contributed by atoms with Crippen molar-refractivity contribution in [1.29, 1.82) is 0 Å². The molecular weight excluding hydrogens is 314 g/mol. The van der Waals surface area contributed by atoms with Crippen LogP contribution in [0.5, 0.6) is 0 Å². The molecule has 0 saturated carbocycles. The molecule has 0 saturated heterocycles. The van der Waals surface area contributed by atoms with E-state index in [0.717, 1.165) is 22.0 Å². The number of carbonyl (C=O) groups excluding carboxylic acids is 1. The number of amides is 1. The highest BCUT2D eigenvalue weighted by Crippen LogP contribution is 2.34. The van der Waals surface area contributed by atoms with Gasteiger partial charge in [-0.2, -0.15) is 0 Å². The second-order valence-corrected chi connectivity index (χ2v) is 6.08. The summed E-state index contributed by atoms with van der Waals surface area (Å²) in [5.41, 5.74) is 4.51. The van der Waals surface area contributed by atoms with Crippen LogP contribution in [0.4, 0.5) is 0 Å². The average molecular weight is 330 g/mol. The summed E-state index contributed by atoms with van der Waals surface area (Å²) in [6, 6.07) is 14.2. The van der Waals surface area contributed by atoms with Gasteiger partial charge in [-0.1, -0.05) is 46.3 Å². The fourth-order valence-corrected chi connectivity index (χ4v) is 3.08. The number of halogens is 1. The van der Waals surface area contributed by atoms with E-state index >= 15 is 0 Å². The first-order valence-corrected chi connectivity index (χ1v) is 7.57. The van der Waals surface area contributed by atoms with Gasteiger partial charge < -0.3 is 5.32 Å². The van der Waals surface area contributed by atoms with Gasteiger partial charge in [0.25, 0.3) is 5.91 Å². The van der Waals surface area contributed by atoms with E-state index in [2.05, 4.69) is 45.5 Å². The molecule has 20 heavy (non-hydrogen) atoms. The van der Waals surface area contributed by atoms with E-state index in [4.69, 9.17) is 0 Å². The first kappa shape index (κ1) is 13.4. The smallest absolute Gasteiger partial charge is 0.251 e. The molecular formula is C17H16BrNO. The molecule has 102 valence electrons. The summed E-state index contributed by atoms with van der Waals surface area (Å²) in [6.45, 7) is 2.67. The lowest BCUT2D eigenvalue weighted by atomic mass is 9.77. The largest absolute Gasteiger partial charge is 0.351 e. The number of hydrogen-bond acceptors (Lipinski definition) is 1. The van der Waals surface area contributed by atoms with Crippen LogP contribution >= 0.6 is 15.9 Å². The van der Waals surface area contributed by atoms with E-state index < -0.39 is 0 Å². The maximum Gasteiger partial charge on any atom is 0.251 e. The summed E-state index contributed by atoms with van der Waals surface area (Å²) in [5, 5.41) is 3.05. The Morgan fingerprint density at radius 2 is 2.05 bits per heavy atom. The van der Waals surface area contributed by atoms with Crippen molar-refractivity contribution < 1.29 is 4.79 Å². The Morgan fingerprint density at radius 3 is 2.85 bits per heavy atom. The van der Waals surface area contributed by atoms with E-state index in [1.165, 1.54) is 11.1 Å². The third kappa shape index (κ3) is 2.38. The van der Waals surface area contributed by atoms with Gasteiger partial charge in [-0.05, 0) is 42.2 Å². The highest BCUT2D eigenvalue weighted by atomic mass is 79.9. The monoisotopic (exact) mass is 329 g/mol. The van der Waals surface area contributed by atoms with Gasteiger partial charge in [0.2, 0.25) is 0 Å². The van der Waals surface area contributed by atoms with Crippen LogP contribution in [0.3, 0.4) is 0 Å². The molecule has 1 amide bonds. The van der Waals surface area contributed by atoms with Crippen molar-refractivity contribution in [3.8, 4) is 0 Å². The molecule has 0 bridgehead atoms. The zero-order valence-electron chi connectivity index (χ0n) is 11.3. The Bertz CT molecular complexity index is 666. The predicted octanol–water partition coefficient (Wildman–Crippen LogP) is 3.83. The molecule has 0 aromatic heterocycles. The zero-order valence-corrected chi connectivity index (χ0v) is 12.9. The summed E-state index contributed by atoms with van der Waals surface area (Å²) < 4.78 is 0.971. The highest BCUT2D eigenvalue weighted by molar-refractivity contribution is 9.10. The second kappa shape index (κ2) is 5.41. The minimum absolute atomic E-state index is 0.00758. The van der Waals surface area contributed by atoms with Crippen LogP contribution < -0.4 is 5.32 Å². The van der Waals surface area contributed by atoms with Gasteiger partial charge in [-0.15, -0.1) is 0 Å². The minimum Gasteiger partial charge on any atom is -0.351 e. The minimum atomic E-state index is 0.00758.